The Balaban J connectivity index is 0.00000144. The minimum atomic E-state index is 0. The average Bonchev–Trinajstić information content (AvgIpc) is 2.01. The lowest BCUT2D eigenvalue weighted by Gasteiger charge is -2.08. The Morgan fingerprint density at radius 1 is 1.38 bits per heavy atom. The fourth-order valence-corrected chi connectivity index (χ4v) is 0.867. The molecule has 0 bridgehead atoms. The summed E-state index contributed by atoms with van der Waals surface area (Å²) in [6.07, 6.45) is 0. The van der Waals surface area contributed by atoms with Crippen LogP contribution in [0.1, 0.15) is 13.8 Å². The Kier molecular flexibility index (Phi) is 5.31. The van der Waals surface area contributed by atoms with Crippen molar-refractivity contribution in [2.75, 3.05) is 12.3 Å². The quantitative estimate of drug-likeness (QED) is 0.764. The molecule has 1 aromatic rings. The van der Waals surface area contributed by atoms with Crippen LogP contribution < -0.4 is 10.5 Å². The summed E-state index contributed by atoms with van der Waals surface area (Å²) in [5.74, 6) is 1.40. The SMILES string of the molecule is CC(C)COc1cccc(N)c1.Cl. The molecular weight excluding hydrogens is 186 g/mol. The molecule has 0 aliphatic heterocycles. The minimum Gasteiger partial charge on any atom is -0.493 e. The lowest BCUT2D eigenvalue weighted by molar-refractivity contribution is 0.271. The lowest BCUT2D eigenvalue weighted by Crippen LogP contribution is -2.04. The number of nitrogens with two attached hydrogens (primary N) is 1. The number of ether oxygens (including phenoxy) is 1. The molecule has 1 rings (SSSR count). The lowest BCUT2D eigenvalue weighted by atomic mass is 10.2. The van der Waals surface area contributed by atoms with E-state index >= 15 is 0 Å². The number of anilines is 1. The van der Waals surface area contributed by atoms with E-state index in [1.54, 1.807) is 0 Å². The van der Waals surface area contributed by atoms with Crippen LogP contribution in [0.3, 0.4) is 0 Å². The van der Waals surface area contributed by atoms with Crippen LogP contribution in [0.4, 0.5) is 5.69 Å². The van der Waals surface area contributed by atoms with Gasteiger partial charge in [0.1, 0.15) is 5.75 Å². The van der Waals surface area contributed by atoms with Crippen LogP contribution in [-0.4, -0.2) is 6.61 Å². The van der Waals surface area contributed by atoms with Gasteiger partial charge >= 0.3 is 0 Å². The summed E-state index contributed by atoms with van der Waals surface area (Å²) in [7, 11) is 0. The van der Waals surface area contributed by atoms with Gasteiger partial charge in [-0.3, -0.25) is 0 Å². The van der Waals surface area contributed by atoms with Crippen molar-refractivity contribution < 1.29 is 4.74 Å². The summed E-state index contributed by atoms with van der Waals surface area (Å²) in [5.41, 5.74) is 6.33. The Bertz CT molecular complexity index is 250. The summed E-state index contributed by atoms with van der Waals surface area (Å²) in [4.78, 5) is 0. The van der Waals surface area contributed by atoms with Crippen LogP contribution in [0.15, 0.2) is 24.3 Å². The first kappa shape index (κ1) is 12.1. The van der Waals surface area contributed by atoms with Gasteiger partial charge in [0.2, 0.25) is 0 Å². The maximum absolute atomic E-state index is 5.58. The zero-order valence-corrected chi connectivity index (χ0v) is 8.80. The van der Waals surface area contributed by atoms with E-state index in [0.717, 1.165) is 18.0 Å². The predicted molar refractivity (Wildman–Crippen MR) is 58.4 cm³/mol. The maximum Gasteiger partial charge on any atom is 0.121 e. The van der Waals surface area contributed by atoms with Gasteiger partial charge in [0, 0.05) is 11.8 Å². The normalized spacial score (nSPS) is 9.46. The van der Waals surface area contributed by atoms with Crippen molar-refractivity contribution in [1.29, 1.82) is 0 Å². The third-order valence-corrected chi connectivity index (χ3v) is 1.44. The molecule has 2 N–H and O–H groups in total. The highest BCUT2D eigenvalue weighted by Crippen LogP contribution is 2.14. The van der Waals surface area contributed by atoms with Crippen molar-refractivity contribution in [3.05, 3.63) is 24.3 Å². The highest BCUT2D eigenvalue weighted by atomic mass is 35.5. The van der Waals surface area contributed by atoms with Crippen LogP contribution >= 0.6 is 12.4 Å². The van der Waals surface area contributed by atoms with Crippen molar-refractivity contribution >= 4 is 18.1 Å². The van der Waals surface area contributed by atoms with Crippen LogP contribution in [0.5, 0.6) is 5.75 Å². The molecule has 0 fully saturated rings. The molecule has 0 aromatic heterocycles. The van der Waals surface area contributed by atoms with E-state index in [9.17, 15) is 0 Å². The molecule has 2 nitrogen and oxygen atoms in total. The van der Waals surface area contributed by atoms with Gasteiger partial charge in [0.25, 0.3) is 0 Å². The molecule has 13 heavy (non-hydrogen) atoms. The maximum atomic E-state index is 5.58. The van der Waals surface area contributed by atoms with Crippen molar-refractivity contribution in [3.8, 4) is 5.75 Å². The third-order valence-electron chi connectivity index (χ3n) is 1.44. The Morgan fingerprint density at radius 2 is 2.08 bits per heavy atom. The van der Waals surface area contributed by atoms with Crippen molar-refractivity contribution in [2.24, 2.45) is 5.92 Å². The highest BCUT2D eigenvalue weighted by molar-refractivity contribution is 5.85. The van der Waals surface area contributed by atoms with Crippen LogP contribution in [0.25, 0.3) is 0 Å². The first-order valence-corrected chi connectivity index (χ1v) is 4.17. The second-order valence-electron chi connectivity index (χ2n) is 3.28. The van der Waals surface area contributed by atoms with E-state index in [1.807, 2.05) is 24.3 Å². The van der Waals surface area contributed by atoms with E-state index in [0.29, 0.717) is 5.92 Å². The monoisotopic (exact) mass is 201 g/mol. The first-order chi connectivity index (χ1) is 5.68. The molecule has 0 aliphatic rings. The second kappa shape index (κ2) is 5.70. The summed E-state index contributed by atoms with van der Waals surface area (Å²) in [5, 5.41) is 0. The number of benzene rings is 1. The molecule has 0 atom stereocenters. The van der Waals surface area contributed by atoms with Gasteiger partial charge in [-0.25, -0.2) is 0 Å². The molecular formula is C10H16ClNO. The molecule has 1 aromatic carbocycles. The number of hydrogen-bond acceptors (Lipinski definition) is 2. The van der Waals surface area contributed by atoms with Crippen molar-refractivity contribution in [1.82, 2.24) is 0 Å². The van der Waals surface area contributed by atoms with E-state index in [2.05, 4.69) is 13.8 Å². The van der Waals surface area contributed by atoms with Gasteiger partial charge in [-0.2, -0.15) is 0 Å². The summed E-state index contributed by atoms with van der Waals surface area (Å²) in [6.45, 7) is 4.97. The van der Waals surface area contributed by atoms with Gasteiger partial charge in [0.05, 0.1) is 6.61 Å². The fourth-order valence-electron chi connectivity index (χ4n) is 0.867. The average molecular weight is 202 g/mol. The van der Waals surface area contributed by atoms with Crippen LogP contribution in [0.2, 0.25) is 0 Å². The second-order valence-corrected chi connectivity index (χ2v) is 3.28. The zero-order valence-electron chi connectivity index (χ0n) is 7.99. The number of hydrogen-bond donors (Lipinski definition) is 1. The van der Waals surface area contributed by atoms with E-state index in [-0.39, 0.29) is 12.4 Å². The smallest absolute Gasteiger partial charge is 0.121 e. The molecule has 0 amide bonds. The fraction of sp³-hybridized carbons (Fsp3) is 0.400. The highest BCUT2D eigenvalue weighted by Gasteiger charge is 1.96. The molecule has 74 valence electrons. The predicted octanol–water partition coefficient (Wildman–Crippen LogP) is 2.73. The molecule has 0 radical (unpaired) electrons. The largest absolute Gasteiger partial charge is 0.493 e. The van der Waals surface area contributed by atoms with E-state index in [4.69, 9.17) is 10.5 Å². The molecule has 0 heterocycles. The van der Waals surface area contributed by atoms with Gasteiger partial charge < -0.3 is 10.5 Å². The number of rotatable bonds is 3. The van der Waals surface area contributed by atoms with Crippen molar-refractivity contribution in [3.63, 3.8) is 0 Å². The first-order valence-electron chi connectivity index (χ1n) is 4.17. The van der Waals surface area contributed by atoms with Gasteiger partial charge in [-0.1, -0.05) is 19.9 Å². The van der Waals surface area contributed by atoms with Crippen LogP contribution in [0, 0.1) is 5.92 Å². The van der Waals surface area contributed by atoms with Gasteiger partial charge in [-0.15, -0.1) is 12.4 Å². The number of nitrogen functional groups attached to an aromatic ring is 1. The number of halogens is 1. The molecule has 0 unspecified atom stereocenters. The minimum absolute atomic E-state index is 0. The Labute approximate surface area is 85.5 Å². The molecule has 3 heteroatoms. The molecule has 0 saturated carbocycles. The van der Waals surface area contributed by atoms with Crippen molar-refractivity contribution in [2.45, 2.75) is 13.8 Å². The topological polar surface area (TPSA) is 35.2 Å². The molecule has 0 aliphatic carbocycles. The third kappa shape index (κ3) is 4.63. The summed E-state index contributed by atoms with van der Waals surface area (Å²) >= 11 is 0. The Morgan fingerprint density at radius 3 is 2.62 bits per heavy atom. The van der Waals surface area contributed by atoms with Crippen LogP contribution in [-0.2, 0) is 0 Å². The summed E-state index contributed by atoms with van der Waals surface area (Å²) in [6, 6.07) is 7.49. The Hall–Kier alpha value is -0.890. The molecule has 0 spiro atoms. The zero-order chi connectivity index (χ0) is 8.97. The van der Waals surface area contributed by atoms with E-state index in [1.165, 1.54) is 0 Å². The summed E-state index contributed by atoms with van der Waals surface area (Å²) < 4.78 is 5.47. The van der Waals surface area contributed by atoms with E-state index < -0.39 is 0 Å². The standard InChI is InChI=1S/C10H15NO.ClH/c1-8(2)7-12-10-5-3-4-9(11)6-10;/h3-6,8H,7,11H2,1-2H3;1H. The van der Waals surface area contributed by atoms with Gasteiger partial charge in [-0.05, 0) is 18.1 Å². The molecule has 0 saturated heterocycles. The van der Waals surface area contributed by atoms with Gasteiger partial charge in [0.15, 0.2) is 0 Å².